The minimum atomic E-state index is -3.79. The summed E-state index contributed by atoms with van der Waals surface area (Å²) in [5, 5.41) is 8.39. The van der Waals surface area contributed by atoms with Crippen molar-refractivity contribution in [2.75, 3.05) is 11.1 Å². The van der Waals surface area contributed by atoms with Crippen LogP contribution in [0.3, 0.4) is 0 Å². The number of sulfonamides is 1. The average molecular weight is 370 g/mol. The van der Waals surface area contributed by atoms with Crippen molar-refractivity contribution in [3.05, 3.63) is 52.0 Å². The molecule has 21 heavy (non-hydrogen) atoms. The van der Waals surface area contributed by atoms with Gasteiger partial charge in [-0.15, -0.1) is 0 Å². The van der Waals surface area contributed by atoms with Gasteiger partial charge in [-0.05, 0) is 42.3 Å². The van der Waals surface area contributed by atoms with Crippen LogP contribution < -0.4 is 16.2 Å². The third-order valence-corrected chi connectivity index (χ3v) is 4.65. The van der Waals surface area contributed by atoms with E-state index in [9.17, 15) is 8.42 Å². The third kappa shape index (κ3) is 3.96. The van der Waals surface area contributed by atoms with E-state index in [0.717, 1.165) is 10.0 Å². The van der Waals surface area contributed by atoms with E-state index in [1.807, 2.05) is 24.3 Å². The van der Waals surface area contributed by atoms with Crippen LogP contribution in [0.5, 0.6) is 0 Å². The van der Waals surface area contributed by atoms with Crippen LogP contribution >= 0.6 is 15.9 Å². The van der Waals surface area contributed by atoms with Crippen LogP contribution in [0.1, 0.15) is 11.1 Å². The molecule has 0 aliphatic rings. The average Bonchev–Trinajstić information content (AvgIpc) is 2.40. The molecule has 5 nitrogen and oxygen atoms in total. The van der Waals surface area contributed by atoms with Gasteiger partial charge in [0.15, 0.2) is 0 Å². The maximum Gasteiger partial charge on any atom is 0.238 e. The molecule has 0 heterocycles. The van der Waals surface area contributed by atoms with Gasteiger partial charge in [0.25, 0.3) is 0 Å². The van der Waals surface area contributed by atoms with E-state index in [2.05, 4.69) is 21.2 Å². The standard InChI is InChI=1S/C14H16BrN3O2S/c1-9-13(6-12(16)7-14(9)21(17,19)20)18-8-10-2-4-11(15)5-3-10/h2-7,18H,8,16H2,1H3,(H2,17,19,20). The number of nitrogen functional groups attached to an aromatic ring is 1. The van der Waals surface area contributed by atoms with Crippen LogP contribution in [0.2, 0.25) is 0 Å². The van der Waals surface area contributed by atoms with Crippen molar-refractivity contribution in [1.29, 1.82) is 0 Å². The minimum absolute atomic E-state index is 0.0424. The van der Waals surface area contributed by atoms with Crippen LogP contribution in [-0.4, -0.2) is 8.42 Å². The highest BCUT2D eigenvalue weighted by molar-refractivity contribution is 9.10. The summed E-state index contributed by atoms with van der Waals surface area (Å²) >= 11 is 3.38. The summed E-state index contributed by atoms with van der Waals surface area (Å²) in [4.78, 5) is 0.0424. The molecule has 112 valence electrons. The first-order valence-electron chi connectivity index (χ1n) is 6.18. The second-order valence-electron chi connectivity index (χ2n) is 4.72. The maximum absolute atomic E-state index is 11.6. The number of nitrogens with one attached hydrogen (secondary N) is 1. The van der Waals surface area contributed by atoms with Crippen molar-refractivity contribution < 1.29 is 8.42 Å². The second-order valence-corrected chi connectivity index (χ2v) is 7.16. The highest BCUT2D eigenvalue weighted by Gasteiger charge is 2.15. The summed E-state index contributed by atoms with van der Waals surface area (Å²) in [5.74, 6) is 0. The number of hydrogen-bond donors (Lipinski definition) is 3. The molecule has 7 heteroatoms. The lowest BCUT2D eigenvalue weighted by Gasteiger charge is -2.14. The Morgan fingerprint density at radius 2 is 1.81 bits per heavy atom. The predicted molar refractivity (Wildman–Crippen MR) is 88.4 cm³/mol. The molecule has 0 atom stereocenters. The van der Waals surface area contributed by atoms with E-state index in [4.69, 9.17) is 10.9 Å². The molecule has 2 aromatic carbocycles. The fourth-order valence-electron chi connectivity index (χ4n) is 1.99. The van der Waals surface area contributed by atoms with Crippen molar-refractivity contribution in [3.63, 3.8) is 0 Å². The Bertz CT molecular complexity index is 759. The van der Waals surface area contributed by atoms with Crippen LogP contribution in [-0.2, 0) is 16.6 Å². The Hall–Kier alpha value is -1.57. The Balaban J connectivity index is 2.28. The van der Waals surface area contributed by atoms with Gasteiger partial charge in [-0.2, -0.15) is 0 Å². The van der Waals surface area contributed by atoms with Crippen LogP contribution in [0, 0.1) is 6.92 Å². The molecule has 0 unspecified atom stereocenters. The summed E-state index contributed by atoms with van der Waals surface area (Å²) in [7, 11) is -3.79. The Kier molecular flexibility index (Phi) is 4.55. The molecule has 0 fully saturated rings. The Labute approximate surface area is 132 Å². The lowest BCUT2D eigenvalue weighted by atomic mass is 10.1. The SMILES string of the molecule is Cc1c(NCc2ccc(Br)cc2)cc(N)cc1S(N)(=O)=O. The van der Waals surface area contributed by atoms with Crippen LogP contribution in [0.15, 0.2) is 45.8 Å². The lowest BCUT2D eigenvalue weighted by molar-refractivity contribution is 0.597. The number of benzene rings is 2. The molecule has 0 spiro atoms. The smallest absolute Gasteiger partial charge is 0.238 e. The van der Waals surface area contributed by atoms with Gasteiger partial charge in [0.05, 0.1) is 4.90 Å². The van der Waals surface area contributed by atoms with Gasteiger partial charge in [-0.25, -0.2) is 13.6 Å². The van der Waals surface area contributed by atoms with E-state index < -0.39 is 10.0 Å². The van der Waals surface area contributed by atoms with E-state index in [1.54, 1.807) is 13.0 Å². The Morgan fingerprint density at radius 3 is 2.38 bits per heavy atom. The van der Waals surface area contributed by atoms with Crippen molar-refractivity contribution in [3.8, 4) is 0 Å². The van der Waals surface area contributed by atoms with Gasteiger partial charge in [-0.3, -0.25) is 0 Å². The van der Waals surface area contributed by atoms with Gasteiger partial charge in [0.2, 0.25) is 10.0 Å². The molecular formula is C14H16BrN3O2S. The molecule has 0 bridgehead atoms. The molecule has 0 aliphatic carbocycles. The molecule has 0 saturated heterocycles. The normalized spacial score (nSPS) is 11.4. The molecule has 0 amide bonds. The van der Waals surface area contributed by atoms with Gasteiger partial charge >= 0.3 is 0 Å². The zero-order chi connectivity index (χ0) is 15.6. The number of hydrogen-bond acceptors (Lipinski definition) is 4. The van der Waals surface area contributed by atoms with E-state index in [-0.39, 0.29) is 4.90 Å². The first-order valence-corrected chi connectivity index (χ1v) is 8.52. The molecule has 5 N–H and O–H groups in total. The second kappa shape index (κ2) is 6.05. The minimum Gasteiger partial charge on any atom is -0.399 e. The summed E-state index contributed by atoms with van der Waals surface area (Å²) in [5.41, 5.74) is 8.38. The lowest BCUT2D eigenvalue weighted by Crippen LogP contribution is -2.15. The van der Waals surface area contributed by atoms with Gasteiger partial charge in [0.1, 0.15) is 0 Å². The van der Waals surface area contributed by atoms with Crippen molar-refractivity contribution in [1.82, 2.24) is 0 Å². The number of primary sulfonamides is 1. The van der Waals surface area contributed by atoms with E-state index in [1.165, 1.54) is 6.07 Å². The van der Waals surface area contributed by atoms with Gasteiger partial charge < -0.3 is 11.1 Å². The number of rotatable bonds is 4. The first-order chi connectivity index (χ1) is 9.77. The largest absolute Gasteiger partial charge is 0.399 e. The van der Waals surface area contributed by atoms with E-state index >= 15 is 0 Å². The monoisotopic (exact) mass is 369 g/mol. The summed E-state index contributed by atoms with van der Waals surface area (Å²) in [6.45, 7) is 2.25. The fraction of sp³-hybridized carbons (Fsp3) is 0.143. The molecular weight excluding hydrogens is 354 g/mol. The Morgan fingerprint density at radius 1 is 1.19 bits per heavy atom. The quantitative estimate of drug-likeness (QED) is 0.721. The van der Waals surface area contributed by atoms with Crippen molar-refractivity contribution in [2.24, 2.45) is 5.14 Å². The maximum atomic E-state index is 11.6. The molecule has 2 rings (SSSR count). The summed E-state index contributed by atoms with van der Waals surface area (Å²) in [6, 6.07) is 10.9. The zero-order valence-corrected chi connectivity index (χ0v) is 13.8. The van der Waals surface area contributed by atoms with Crippen molar-refractivity contribution >= 4 is 37.3 Å². The predicted octanol–water partition coefficient (Wildman–Crippen LogP) is 2.60. The third-order valence-electron chi connectivity index (χ3n) is 3.09. The molecule has 0 aromatic heterocycles. The molecule has 0 radical (unpaired) electrons. The highest BCUT2D eigenvalue weighted by atomic mass is 79.9. The number of halogens is 1. The molecule has 0 saturated carbocycles. The number of nitrogens with two attached hydrogens (primary N) is 2. The van der Waals surface area contributed by atoms with Crippen LogP contribution in [0.25, 0.3) is 0 Å². The topological polar surface area (TPSA) is 98.2 Å². The molecule has 2 aromatic rings. The van der Waals surface area contributed by atoms with E-state index in [0.29, 0.717) is 23.5 Å². The number of anilines is 2. The summed E-state index contributed by atoms with van der Waals surface area (Å²) in [6.07, 6.45) is 0. The fourth-order valence-corrected chi connectivity index (χ4v) is 3.09. The van der Waals surface area contributed by atoms with Crippen LogP contribution in [0.4, 0.5) is 11.4 Å². The van der Waals surface area contributed by atoms with Gasteiger partial charge in [0, 0.05) is 22.4 Å². The first kappa shape index (κ1) is 15.8. The summed E-state index contributed by atoms with van der Waals surface area (Å²) < 4.78 is 24.1. The molecule has 0 aliphatic heterocycles. The highest BCUT2D eigenvalue weighted by Crippen LogP contribution is 2.26. The zero-order valence-electron chi connectivity index (χ0n) is 11.4. The van der Waals surface area contributed by atoms with Crippen molar-refractivity contribution in [2.45, 2.75) is 18.4 Å². The van der Waals surface area contributed by atoms with Gasteiger partial charge in [-0.1, -0.05) is 28.1 Å².